The number of halogens is 5. The molecule has 3 aliphatic rings. The molecule has 2 unspecified atom stereocenters. The lowest BCUT2D eigenvalue weighted by atomic mass is 9.87. The Balaban J connectivity index is 1.41. The highest BCUT2D eigenvalue weighted by atomic mass is 19.4. The quantitative estimate of drug-likeness (QED) is 0.447. The third-order valence-corrected chi connectivity index (χ3v) is 6.76. The zero-order valence-electron chi connectivity index (χ0n) is 18.8. The number of hydrogen-bond acceptors (Lipinski definition) is 3. The standard InChI is InChI=1S/C27H22F5NO2/c1-15-14-18(12-13-22(15)35-27(30,31)32)16-8-10-17(11-9-16)25-19-4-2-7-23(19)34-26(33-25)24-20(28)5-3-6-21(24)29/h5,8-15,19,22-23,25H,2,4,7H2,1H3/t15?,19-,22?,23+,25+/m0/s1. The molecular formula is C27H22F5NO2. The Morgan fingerprint density at radius 3 is 2.57 bits per heavy atom. The van der Waals surface area contributed by atoms with E-state index >= 15 is 0 Å². The summed E-state index contributed by atoms with van der Waals surface area (Å²) in [5.41, 5.74) is 2.18. The lowest BCUT2D eigenvalue weighted by Crippen LogP contribution is -2.33. The summed E-state index contributed by atoms with van der Waals surface area (Å²) < 4.78 is 76.6. The van der Waals surface area contributed by atoms with Crippen LogP contribution in [0.15, 0.2) is 53.6 Å². The largest absolute Gasteiger partial charge is 0.523 e. The lowest BCUT2D eigenvalue weighted by Gasteiger charge is -2.33. The van der Waals surface area contributed by atoms with E-state index in [1.807, 2.05) is 24.3 Å². The maximum atomic E-state index is 14.4. The molecule has 5 atom stereocenters. The summed E-state index contributed by atoms with van der Waals surface area (Å²) in [6.45, 7) is 1.67. The van der Waals surface area contributed by atoms with Crippen molar-refractivity contribution in [2.75, 3.05) is 0 Å². The average Bonchev–Trinajstić information content (AvgIpc) is 3.28. The summed E-state index contributed by atoms with van der Waals surface area (Å²) in [4.78, 5) is 4.61. The normalized spacial score (nSPS) is 28.0. The molecule has 3 nitrogen and oxygen atoms in total. The molecule has 0 aromatic heterocycles. The van der Waals surface area contributed by atoms with Crippen molar-refractivity contribution in [1.29, 1.82) is 0 Å². The van der Waals surface area contributed by atoms with Crippen LogP contribution in [0.4, 0.5) is 22.0 Å². The predicted molar refractivity (Wildman–Crippen MR) is 119 cm³/mol. The third-order valence-electron chi connectivity index (χ3n) is 6.76. The van der Waals surface area contributed by atoms with Crippen LogP contribution in [0, 0.1) is 35.6 Å². The van der Waals surface area contributed by atoms with E-state index in [9.17, 15) is 22.0 Å². The minimum Gasteiger partial charge on any atom is -0.474 e. The van der Waals surface area contributed by atoms with Gasteiger partial charge in [0.1, 0.15) is 17.5 Å². The molecule has 1 aliphatic heterocycles. The van der Waals surface area contributed by atoms with Crippen molar-refractivity contribution < 1.29 is 31.4 Å². The number of fused-ring (bicyclic) bond motifs is 1. The molecule has 8 heteroatoms. The van der Waals surface area contributed by atoms with Gasteiger partial charge in [-0.3, -0.25) is 4.74 Å². The van der Waals surface area contributed by atoms with Gasteiger partial charge in [0.2, 0.25) is 5.90 Å². The van der Waals surface area contributed by atoms with Crippen molar-refractivity contribution >= 4 is 11.5 Å². The molecule has 0 spiro atoms. The van der Waals surface area contributed by atoms with Crippen molar-refractivity contribution in [2.45, 2.75) is 50.8 Å². The van der Waals surface area contributed by atoms with Crippen LogP contribution in [0.5, 0.6) is 0 Å². The molecule has 182 valence electrons. The van der Waals surface area contributed by atoms with Crippen LogP contribution in [-0.4, -0.2) is 24.5 Å². The van der Waals surface area contributed by atoms with E-state index in [4.69, 9.17) is 4.74 Å². The molecule has 0 saturated heterocycles. The van der Waals surface area contributed by atoms with Crippen LogP contribution in [0.25, 0.3) is 5.57 Å². The number of nitrogens with zero attached hydrogens (tertiary/aromatic N) is 1. The minimum absolute atomic E-state index is 0.0649. The number of benzene rings is 1. The van der Waals surface area contributed by atoms with E-state index in [0.29, 0.717) is 0 Å². The van der Waals surface area contributed by atoms with Crippen molar-refractivity contribution in [3.8, 4) is 0 Å². The molecule has 1 saturated carbocycles. The zero-order valence-corrected chi connectivity index (χ0v) is 18.8. The van der Waals surface area contributed by atoms with Crippen LogP contribution in [0.1, 0.15) is 48.9 Å². The van der Waals surface area contributed by atoms with Gasteiger partial charge in [-0.25, -0.2) is 9.38 Å². The molecule has 1 heterocycles. The van der Waals surface area contributed by atoms with Gasteiger partial charge in [0.25, 0.3) is 0 Å². The first-order valence-corrected chi connectivity index (χ1v) is 11.5. The summed E-state index contributed by atoms with van der Waals surface area (Å²) in [5, 5.41) is 0. The van der Waals surface area contributed by atoms with E-state index < -0.39 is 30.0 Å². The lowest BCUT2D eigenvalue weighted by molar-refractivity contribution is -0.339. The molecule has 5 rings (SSSR count). The van der Waals surface area contributed by atoms with Crippen molar-refractivity contribution in [3.05, 3.63) is 89.0 Å². The molecule has 2 aliphatic carbocycles. The maximum absolute atomic E-state index is 14.4. The minimum atomic E-state index is -4.70. The van der Waals surface area contributed by atoms with Crippen LogP contribution >= 0.6 is 0 Å². The highest BCUT2D eigenvalue weighted by Gasteiger charge is 2.41. The Morgan fingerprint density at radius 1 is 1.11 bits per heavy atom. The molecule has 1 fully saturated rings. The first-order valence-electron chi connectivity index (χ1n) is 11.5. The predicted octanol–water partition coefficient (Wildman–Crippen LogP) is 6.75. The van der Waals surface area contributed by atoms with Crippen LogP contribution < -0.4 is 0 Å². The molecular weight excluding hydrogens is 465 g/mol. The van der Waals surface area contributed by atoms with Gasteiger partial charge in [-0.05, 0) is 42.0 Å². The average molecular weight is 487 g/mol. The number of hydrogen-bond donors (Lipinski definition) is 0. The van der Waals surface area contributed by atoms with Crippen molar-refractivity contribution in [3.63, 3.8) is 0 Å². The number of aliphatic imine (C=N–C) groups is 1. The monoisotopic (exact) mass is 487 g/mol. The van der Waals surface area contributed by atoms with E-state index in [0.717, 1.165) is 42.0 Å². The zero-order chi connectivity index (χ0) is 24.7. The Labute approximate surface area is 200 Å². The van der Waals surface area contributed by atoms with Crippen molar-refractivity contribution in [2.24, 2.45) is 16.8 Å². The Kier molecular flexibility index (Phi) is 6.14. The van der Waals surface area contributed by atoms with Crippen LogP contribution in [0.3, 0.4) is 0 Å². The first-order chi connectivity index (χ1) is 16.7. The van der Waals surface area contributed by atoms with Crippen LogP contribution in [-0.2, 0) is 9.47 Å². The molecule has 0 bridgehead atoms. The Morgan fingerprint density at radius 2 is 1.89 bits per heavy atom. The summed E-state index contributed by atoms with van der Waals surface area (Å²) in [7, 11) is 0. The van der Waals surface area contributed by atoms with Gasteiger partial charge in [-0.1, -0.05) is 55.5 Å². The Hall–Kier alpha value is -3.18. The molecule has 35 heavy (non-hydrogen) atoms. The van der Waals surface area contributed by atoms with E-state index in [-0.39, 0.29) is 29.5 Å². The fourth-order valence-corrected chi connectivity index (χ4v) is 5.08. The van der Waals surface area contributed by atoms with Crippen molar-refractivity contribution in [1.82, 2.24) is 0 Å². The molecule has 0 radical (unpaired) electrons. The number of allylic oxidation sites excluding steroid dienone is 2. The molecule has 0 N–H and O–H groups in total. The highest BCUT2D eigenvalue weighted by Crippen LogP contribution is 2.44. The van der Waals surface area contributed by atoms with E-state index in [1.54, 1.807) is 19.1 Å². The smallest absolute Gasteiger partial charge is 0.474 e. The van der Waals surface area contributed by atoms with Gasteiger partial charge in [0, 0.05) is 17.9 Å². The number of rotatable bonds is 4. The van der Waals surface area contributed by atoms with E-state index in [1.165, 1.54) is 6.08 Å². The second-order valence-electron chi connectivity index (χ2n) is 9.07. The van der Waals surface area contributed by atoms with Gasteiger partial charge in [0.05, 0.1) is 12.1 Å². The molecule has 2 aromatic carbocycles. The van der Waals surface area contributed by atoms with Gasteiger partial charge in [0.15, 0.2) is 5.82 Å². The fourth-order valence-electron chi connectivity index (χ4n) is 5.08. The second kappa shape index (κ2) is 9.12. The Bertz CT molecular complexity index is 1160. The maximum Gasteiger partial charge on any atom is 0.523 e. The summed E-state index contributed by atoms with van der Waals surface area (Å²) in [6, 6.07) is 12.8. The van der Waals surface area contributed by atoms with Crippen LogP contribution in [0.2, 0.25) is 0 Å². The summed E-state index contributed by atoms with van der Waals surface area (Å²) >= 11 is 0. The fraction of sp³-hybridized carbons (Fsp3) is 0.370. The SMILES string of the molecule is CC1C=C(c2ccc([C@H]3N=C(c4c(F)c#ccc4F)O[C@@H]4CCC[C@H]34)cc2)C=CC1OC(F)(F)F. The molecule has 2 aromatic rings. The van der Waals surface area contributed by atoms with Gasteiger partial charge in [-0.2, -0.15) is 4.39 Å². The summed E-state index contributed by atoms with van der Waals surface area (Å²) in [5.74, 6) is -2.13. The first kappa shape index (κ1) is 23.6. The number of alkyl halides is 3. The molecule has 0 amide bonds. The topological polar surface area (TPSA) is 30.8 Å². The second-order valence-corrected chi connectivity index (χ2v) is 9.07. The van der Waals surface area contributed by atoms with E-state index in [2.05, 4.69) is 21.9 Å². The number of ether oxygens (including phenoxy) is 2. The highest BCUT2D eigenvalue weighted by molar-refractivity contribution is 5.95. The third kappa shape index (κ3) is 4.83. The van der Waals surface area contributed by atoms with Gasteiger partial charge >= 0.3 is 6.36 Å². The van der Waals surface area contributed by atoms with Gasteiger partial charge in [-0.15, -0.1) is 13.2 Å². The summed E-state index contributed by atoms with van der Waals surface area (Å²) in [6.07, 6.45) is 1.43. The van der Waals surface area contributed by atoms with Gasteiger partial charge < -0.3 is 4.74 Å².